The van der Waals surface area contributed by atoms with Gasteiger partial charge >= 0.3 is 0 Å². The molecule has 2 N–H and O–H groups in total. The normalized spacial score (nSPS) is 19.6. The Balaban J connectivity index is 1.77. The number of ether oxygens (including phenoxy) is 1. The molecule has 1 aromatic carbocycles. The summed E-state index contributed by atoms with van der Waals surface area (Å²) in [7, 11) is 0. The summed E-state index contributed by atoms with van der Waals surface area (Å²) in [5.41, 5.74) is 7.59. The van der Waals surface area contributed by atoms with Crippen molar-refractivity contribution in [3.05, 3.63) is 51.2 Å². The number of hydrogen-bond acceptors (Lipinski definition) is 3. The molecule has 2 atom stereocenters. The predicted octanol–water partition coefficient (Wildman–Crippen LogP) is 4.36. The molecule has 0 radical (unpaired) electrons. The Morgan fingerprint density at radius 2 is 2.16 bits per heavy atom. The maximum Gasteiger partial charge on any atom is 0.122 e. The molecule has 0 spiro atoms. The molecule has 1 aromatic heterocycles. The lowest BCUT2D eigenvalue weighted by Crippen LogP contribution is -2.19. The average molecular weight is 294 g/mol. The first-order valence-corrected chi connectivity index (χ1v) is 7.66. The average Bonchev–Trinajstić information content (AvgIpc) is 2.86. The van der Waals surface area contributed by atoms with Crippen LogP contribution in [0.3, 0.4) is 0 Å². The van der Waals surface area contributed by atoms with Crippen LogP contribution in [0.2, 0.25) is 4.34 Å². The molecule has 19 heavy (non-hydrogen) atoms. The van der Waals surface area contributed by atoms with Gasteiger partial charge in [-0.1, -0.05) is 29.8 Å². The number of fused-ring (bicyclic) bond motifs is 1. The van der Waals surface area contributed by atoms with Crippen LogP contribution in [0, 0.1) is 0 Å². The van der Waals surface area contributed by atoms with Crippen LogP contribution in [0.1, 0.15) is 35.2 Å². The predicted molar refractivity (Wildman–Crippen MR) is 80.2 cm³/mol. The highest BCUT2D eigenvalue weighted by molar-refractivity contribution is 7.16. The molecule has 100 valence electrons. The van der Waals surface area contributed by atoms with Crippen LogP contribution in [0.4, 0.5) is 0 Å². The van der Waals surface area contributed by atoms with Crippen molar-refractivity contribution in [3.8, 4) is 5.75 Å². The van der Waals surface area contributed by atoms with E-state index in [1.807, 2.05) is 24.3 Å². The van der Waals surface area contributed by atoms with Gasteiger partial charge in [0.25, 0.3) is 0 Å². The Kier molecular flexibility index (Phi) is 3.78. The maximum atomic E-state index is 6.31. The van der Waals surface area contributed by atoms with E-state index in [4.69, 9.17) is 22.1 Å². The topological polar surface area (TPSA) is 35.2 Å². The van der Waals surface area contributed by atoms with Gasteiger partial charge in [-0.3, -0.25) is 0 Å². The molecule has 0 saturated carbocycles. The molecule has 0 bridgehead atoms. The summed E-state index contributed by atoms with van der Waals surface area (Å²) in [6.45, 7) is 0.777. The van der Waals surface area contributed by atoms with Crippen molar-refractivity contribution < 1.29 is 4.74 Å². The summed E-state index contributed by atoms with van der Waals surface area (Å²) in [4.78, 5) is 1.16. The molecular weight excluding hydrogens is 278 g/mol. The van der Waals surface area contributed by atoms with Gasteiger partial charge in [-0.2, -0.15) is 0 Å². The summed E-state index contributed by atoms with van der Waals surface area (Å²) in [6, 6.07) is 12.3. The van der Waals surface area contributed by atoms with Crippen LogP contribution >= 0.6 is 22.9 Å². The highest BCUT2D eigenvalue weighted by Gasteiger charge is 2.24. The monoisotopic (exact) mass is 293 g/mol. The first-order valence-electron chi connectivity index (χ1n) is 6.46. The van der Waals surface area contributed by atoms with E-state index in [0.717, 1.165) is 34.4 Å². The zero-order valence-corrected chi connectivity index (χ0v) is 12.1. The van der Waals surface area contributed by atoms with Crippen LogP contribution in [-0.4, -0.2) is 6.61 Å². The van der Waals surface area contributed by atoms with Gasteiger partial charge in [0.2, 0.25) is 0 Å². The van der Waals surface area contributed by atoms with Gasteiger partial charge in [-0.15, -0.1) is 11.3 Å². The number of benzene rings is 1. The standard InChI is InChI=1S/C15H16ClNOS/c16-15-6-5-14(19-15)12(17)9-10-7-8-18-13-4-2-1-3-11(10)13/h1-6,10,12H,7-9,17H2. The molecule has 3 rings (SSSR count). The van der Waals surface area contributed by atoms with E-state index in [0.29, 0.717) is 5.92 Å². The van der Waals surface area contributed by atoms with Gasteiger partial charge in [0.05, 0.1) is 10.9 Å². The van der Waals surface area contributed by atoms with Gasteiger partial charge in [0.1, 0.15) is 5.75 Å². The molecule has 1 aliphatic rings. The van der Waals surface area contributed by atoms with E-state index in [9.17, 15) is 0 Å². The molecule has 0 aliphatic carbocycles. The minimum atomic E-state index is 0.0497. The van der Waals surface area contributed by atoms with Crippen molar-refractivity contribution >= 4 is 22.9 Å². The highest BCUT2D eigenvalue weighted by atomic mass is 35.5. The van der Waals surface area contributed by atoms with Crippen molar-refractivity contribution in [3.63, 3.8) is 0 Å². The van der Waals surface area contributed by atoms with E-state index in [1.165, 1.54) is 5.56 Å². The van der Waals surface area contributed by atoms with Crippen LogP contribution < -0.4 is 10.5 Å². The largest absolute Gasteiger partial charge is 0.493 e. The summed E-state index contributed by atoms with van der Waals surface area (Å²) in [5.74, 6) is 1.48. The Hall–Kier alpha value is -1.03. The molecular formula is C15H16ClNOS. The molecule has 2 unspecified atom stereocenters. The van der Waals surface area contributed by atoms with Crippen LogP contribution in [-0.2, 0) is 0 Å². The first kappa shape index (κ1) is 13.0. The van der Waals surface area contributed by atoms with Crippen LogP contribution in [0.5, 0.6) is 5.75 Å². The van der Waals surface area contributed by atoms with Crippen molar-refractivity contribution in [1.29, 1.82) is 0 Å². The molecule has 1 aliphatic heterocycles. The number of halogens is 1. The molecule has 0 amide bonds. The number of hydrogen-bond donors (Lipinski definition) is 1. The molecule has 0 fully saturated rings. The Morgan fingerprint density at radius 1 is 1.32 bits per heavy atom. The van der Waals surface area contributed by atoms with Crippen molar-refractivity contribution in [1.82, 2.24) is 0 Å². The molecule has 2 nitrogen and oxygen atoms in total. The lowest BCUT2D eigenvalue weighted by Gasteiger charge is -2.27. The van der Waals surface area contributed by atoms with Gasteiger partial charge in [0, 0.05) is 10.9 Å². The number of nitrogens with two attached hydrogens (primary N) is 1. The lowest BCUT2D eigenvalue weighted by atomic mass is 9.87. The van der Waals surface area contributed by atoms with Gasteiger partial charge in [-0.25, -0.2) is 0 Å². The molecule has 2 aromatic rings. The van der Waals surface area contributed by atoms with E-state index in [2.05, 4.69) is 12.1 Å². The fourth-order valence-electron chi connectivity index (χ4n) is 2.61. The molecule has 0 saturated heterocycles. The van der Waals surface area contributed by atoms with Crippen LogP contribution in [0.15, 0.2) is 36.4 Å². The van der Waals surface area contributed by atoms with E-state index in [-0.39, 0.29) is 6.04 Å². The van der Waals surface area contributed by atoms with Crippen LogP contribution in [0.25, 0.3) is 0 Å². The SMILES string of the molecule is NC(CC1CCOc2ccccc21)c1ccc(Cl)s1. The third-order valence-corrected chi connectivity index (χ3v) is 4.94. The van der Waals surface area contributed by atoms with Gasteiger partial charge < -0.3 is 10.5 Å². The zero-order valence-electron chi connectivity index (χ0n) is 10.5. The second-order valence-corrected chi connectivity index (χ2v) is 6.60. The smallest absolute Gasteiger partial charge is 0.122 e. The quantitative estimate of drug-likeness (QED) is 0.912. The second kappa shape index (κ2) is 5.53. The third kappa shape index (κ3) is 2.78. The Morgan fingerprint density at radius 3 is 2.95 bits per heavy atom. The Labute approximate surface area is 122 Å². The van der Waals surface area contributed by atoms with E-state index < -0.39 is 0 Å². The van der Waals surface area contributed by atoms with E-state index in [1.54, 1.807) is 11.3 Å². The van der Waals surface area contributed by atoms with Gasteiger partial charge in [-0.05, 0) is 42.5 Å². The minimum Gasteiger partial charge on any atom is -0.493 e. The second-order valence-electron chi connectivity index (χ2n) is 4.86. The van der Waals surface area contributed by atoms with Gasteiger partial charge in [0.15, 0.2) is 0 Å². The lowest BCUT2D eigenvalue weighted by molar-refractivity contribution is 0.259. The molecule has 2 heterocycles. The highest BCUT2D eigenvalue weighted by Crippen LogP contribution is 2.39. The van der Waals surface area contributed by atoms with Crippen molar-refractivity contribution in [2.24, 2.45) is 5.73 Å². The fourth-order valence-corrected chi connectivity index (χ4v) is 3.69. The maximum absolute atomic E-state index is 6.31. The molecule has 4 heteroatoms. The Bertz CT molecular complexity index is 569. The number of para-hydroxylation sites is 1. The minimum absolute atomic E-state index is 0.0497. The number of rotatable bonds is 3. The van der Waals surface area contributed by atoms with Crippen molar-refractivity contribution in [2.45, 2.75) is 24.8 Å². The summed E-state index contributed by atoms with van der Waals surface area (Å²) in [5, 5.41) is 0. The summed E-state index contributed by atoms with van der Waals surface area (Å²) >= 11 is 7.55. The first-order chi connectivity index (χ1) is 9.24. The summed E-state index contributed by atoms with van der Waals surface area (Å²) in [6.07, 6.45) is 1.97. The zero-order chi connectivity index (χ0) is 13.2. The fraction of sp³-hybridized carbons (Fsp3) is 0.333. The van der Waals surface area contributed by atoms with Crippen molar-refractivity contribution in [2.75, 3.05) is 6.61 Å². The third-order valence-electron chi connectivity index (χ3n) is 3.58. The van der Waals surface area contributed by atoms with E-state index >= 15 is 0 Å². The number of thiophene rings is 1. The summed E-state index contributed by atoms with van der Waals surface area (Å²) < 4.78 is 6.49.